The number of aromatic nitrogens is 4. The number of benzene rings is 1. The van der Waals surface area contributed by atoms with Gasteiger partial charge in [0.15, 0.2) is 0 Å². The van der Waals surface area contributed by atoms with Gasteiger partial charge in [0.05, 0.1) is 22.7 Å². The van der Waals surface area contributed by atoms with Crippen LogP contribution in [0.4, 0.5) is 5.95 Å². The summed E-state index contributed by atoms with van der Waals surface area (Å²) in [7, 11) is 0. The molecular weight excluding hydrogens is 314 g/mol. The highest BCUT2D eigenvalue weighted by Gasteiger charge is 2.10. The van der Waals surface area contributed by atoms with Gasteiger partial charge in [-0.2, -0.15) is 0 Å². The predicted octanol–water partition coefficient (Wildman–Crippen LogP) is 1.97. The Labute approximate surface area is 133 Å². The van der Waals surface area contributed by atoms with Crippen LogP contribution in [0.1, 0.15) is 0 Å². The number of carbonyl (C=O) groups is 1. The molecule has 0 aliphatic heterocycles. The van der Waals surface area contributed by atoms with Crippen molar-refractivity contribution in [2.75, 3.05) is 5.32 Å². The number of aromatic amines is 1. The zero-order valence-corrected chi connectivity index (χ0v) is 12.6. The number of amides is 1. The molecule has 0 radical (unpaired) electrons. The summed E-state index contributed by atoms with van der Waals surface area (Å²) in [4.78, 5) is 36.5. The minimum absolute atomic E-state index is 0.116. The molecule has 1 aromatic carbocycles. The third-order valence-corrected chi connectivity index (χ3v) is 4.23. The number of anilines is 1. The highest BCUT2D eigenvalue weighted by Crippen LogP contribution is 2.14. The molecule has 0 saturated heterocycles. The summed E-state index contributed by atoms with van der Waals surface area (Å²) in [5, 5.41) is 4.98. The molecule has 0 fully saturated rings. The lowest BCUT2D eigenvalue weighted by Gasteiger charge is -2.04. The standard InChI is InChI=1S/C15H11N5O2S/c21-12(19-15-17-10-3-1-2-4-11(10)18-15)7-20-8-16-13-9(14(20)22)5-6-23-13/h1-6,8H,7H2,(H2,17,18,19,21). The first kappa shape index (κ1) is 13.6. The fourth-order valence-corrected chi connectivity index (χ4v) is 3.07. The predicted molar refractivity (Wildman–Crippen MR) is 88.6 cm³/mol. The number of nitrogens with zero attached hydrogens (tertiary/aromatic N) is 3. The van der Waals surface area contributed by atoms with E-state index in [0.717, 1.165) is 11.0 Å². The lowest BCUT2D eigenvalue weighted by Crippen LogP contribution is -2.27. The van der Waals surface area contributed by atoms with E-state index in [2.05, 4.69) is 20.3 Å². The number of carbonyl (C=O) groups excluding carboxylic acids is 1. The van der Waals surface area contributed by atoms with E-state index in [0.29, 0.717) is 16.2 Å². The van der Waals surface area contributed by atoms with Crippen molar-refractivity contribution < 1.29 is 4.79 Å². The molecule has 0 aliphatic carbocycles. The van der Waals surface area contributed by atoms with E-state index in [1.165, 1.54) is 22.2 Å². The Kier molecular flexibility index (Phi) is 3.16. The van der Waals surface area contributed by atoms with Gasteiger partial charge in [-0.1, -0.05) is 12.1 Å². The third kappa shape index (κ3) is 2.49. The molecule has 0 saturated carbocycles. The number of hydrogen-bond donors (Lipinski definition) is 2. The number of rotatable bonds is 3. The van der Waals surface area contributed by atoms with Gasteiger partial charge in [0.25, 0.3) is 5.56 Å². The highest BCUT2D eigenvalue weighted by molar-refractivity contribution is 7.16. The van der Waals surface area contributed by atoms with Gasteiger partial charge in [-0.05, 0) is 23.6 Å². The van der Waals surface area contributed by atoms with Gasteiger partial charge in [0.2, 0.25) is 11.9 Å². The van der Waals surface area contributed by atoms with Gasteiger partial charge in [-0.15, -0.1) is 11.3 Å². The first-order chi connectivity index (χ1) is 11.2. The summed E-state index contributed by atoms with van der Waals surface area (Å²) in [6.07, 6.45) is 1.39. The molecule has 4 rings (SSSR count). The quantitative estimate of drug-likeness (QED) is 0.602. The van der Waals surface area contributed by atoms with Crippen LogP contribution in [0.3, 0.4) is 0 Å². The Morgan fingerprint density at radius 1 is 1.30 bits per heavy atom. The largest absolute Gasteiger partial charge is 0.324 e. The maximum Gasteiger partial charge on any atom is 0.262 e. The molecular formula is C15H11N5O2S. The minimum Gasteiger partial charge on any atom is -0.324 e. The van der Waals surface area contributed by atoms with Crippen LogP contribution in [-0.2, 0) is 11.3 Å². The Morgan fingerprint density at radius 3 is 3.04 bits per heavy atom. The Bertz CT molecular complexity index is 1050. The van der Waals surface area contributed by atoms with E-state index in [4.69, 9.17) is 0 Å². The van der Waals surface area contributed by atoms with E-state index in [1.54, 1.807) is 11.4 Å². The lowest BCUT2D eigenvalue weighted by atomic mass is 10.3. The van der Waals surface area contributed by atoms with Gasteiger partial charge in [-0.25, -0.2) is 9.97 Å². The van der Waals surface area contributed by atoms with Crippen LogP contribution in [-0.4, -0.2) is 25.4 Å². The maximum absolute atomic E-state index is 12.2. The fourth-order valence-electron chi connectivity index (χ4n) is 2.34. The van der Waals surface area contributed by atoms with E-state index < -0.39 is 0 Å². The van der Waals surface area contributed by atoms with Crippen LogP contribution in [0.25, 0.3) is 21.3 Å². The third-order valence-electron chi connectivity index (χ3n) is 3.41. The Hall–Kier alpha value is -3.00. The number of thiophene rings is 1. The van der Waals surface area contributed by atoms with Crippen molar-refractivity contribution in [3.05, 3.63) is 52.4 Å². The minimum atomic E-state index is -0.345. The molecule has 3 heterocycles. The van der Waals surface area contributed by atoms with Crippen molar-refractivity contribution in [3.63, 3.8) is 0 Å². The number of para-hydroxylation sites is 2. The number of imidazole rings is 1. The summed E-state index contributed by atoms with van der Waals surface area (Å²) in [6, 6.07) is 9.18. The zero-order valence-electron chi connectivity index (χ0n) is 11.8. The number of hydrogen-bond acceptors (Lipinski definition) is 5. The van der Waals surface area contributed by atoms with Gasteiger partial charge < -0.3 is 4.98 Å². The molecule has 0 unspecified atom stereocenters. The highest BCUT2D eigenvalue weighted by atomic mass is 32.1. The van der Waals surface area contributed by atoms with Gasteiger partial charge in [-0.3, -0.25) is 19.5 Å². The van der Waals surface area contributed by atoms with Crippen LogP contribution in [0, 0.1) is 0 Å². The van der Waals surface area contributed by atoms with Crippen molar-refractivity contribution in [2.24, 2.45) is 0 Å². The Morgan fingerprint density at radius 2 is 2.17 bits per heavy atom. The van der Waals surface area contributed by atoms with Crippen molar-refractivity contribution in [2.45, 2.75) is 6.54 Å². The molecule has 23 heavy (non-hydrogen) atoms. The van der Waals surface area contributed by atoms with E-state index in [9.17, 15) is 9.59 Å². The van der Waals surface area contributed by atoms with Crippen LogP contribution in [0.15, 0.2) is 46.8 Å². The summed E-state index contributed by atoms with van der Waals surface area (Å²) >= 11 is 1.39. The molecule has 0 spiro atoms. The van der Waals surface area contributed by atoms with Gasteiger partial charge in [0, 0.05) is 0 Å². The van der Waals surface area contributed by atoms with Crippen molar-refractivity contribution in [3.8, 4) is 0 Å². The smallest absolute Gasteiger partial charge is 0.262 e. The molecule has 2 N–H and O–H groups in total. The van der Waals surface area contributed by atoms with Crippen molar-refractivity contribution >= 4 is 44.4 Å². The molecule has 0 bridgehead atoms. The van der Waals surface area contributed by atoms with E-state index in [1.807, 2.05) is 24.3 Å². The van der Waals surface area contributed by atoms with Crippen LogP contribution >= 0.6 is 11.3 Å². The van der Waals surface area contributed by atoms with Gasteiger partial charge >= 0.3 is 0 Å². The first-order valence-corrected chi connectivity index (χ1v) is 7.76. The maximum atomic E-state index is 12.2. The summed E-state index contributed by atoms with van der Waals surface area (Å²) in [6.45, 7) is -0.116. The molecule has 4 aromatic rings. The van der Waals surface area contributed by atoms with Crippen LogP contribution in [0.2, 0.25) is 0 Å². The average molecular weight is 325 g/mol. The van der Waals surface area contributed by atoms with Crippen molar-refractivity contribution in [1.29, 1.82) is 0 Å². The normalized spacial score (nSPS) is 11.1. The summed E-state index contributed by atoms with van der Waals surface area (Å²) in [5.41, 5.74) is 1.37. The Balaban J connectivity index is 1.57. The monoisotopic (exact) mass is 325 g/mol. The number of H-pyrrole nitrogens is 1. The molecule has 0 aliphatic rings. The molecule has 1 amide bonds. The van der Waals surface area contributed by atoms with Crippen molar-refractivity contribution in [1.82, 2.24) is 19.5 Å². The summed E-state index contributed by atoms with van der Waals surface area (Å²) < 4.78 is 1.28. The number of fused-ring (bicyclic) bond motifs is 2. The van der Waals surface area contributed by atoms with E-state index >= 15 is 0 Å². The number of nitrogens with one attached hydrogen (secondary N) is 2. The molecule has 114 valence electrons. The molecule has 7 nitrogen and oxygen atoms in total. The van der Waals surface area contributed by atoms with E-state index in [-0.39, 0.29) is 18.0 Å². The van der Waals surface area contributed by atoms with Crippen LogP contribution < -0.4 is 10.9 Å². The first-order valence-electron chi connectivity index (χ1n) is 6.88. The molecule has 3 aromatic heterocycles. The average Bonchev–Trinajstić information content (AvgIpc) is 3.16. The molecule has 0 atom stereocenters. The topological polar surface area (TPSA) is 92.7 Å². The fraction of sp³-hybridized carbons (Fsp3) is 0.0667. The lowest BCUT2D eigenvalue weighted by molar-refractivity contribution is -0.116. The second-order valence-corrected chi connectivity index (χ2v) is 5.86. The second-order valence-electron chi connectivity index (χ2n) is 4.97. The van der Waals surface area contributed by atoms with Gasteiger partial charge in [0.1, 0.15) is 11.4 Å². The van der Waals surface area contributed by atoms with Crippen LogP contribution in [0.5, 0.6) is 0 Å². The zero-order chi connectivity index (χ0) is 15.8. The second kappa shape index (κ2) is 5.33. The SMILES string of the molecule is O=C(Cn1cnc2sccc2c1=O)Nc1nc2ccccc2[nH]1. The molecule has 8 heteroatoms. The summed E-state index contributed by atoms with van der Waals surface area (Å²) in [5.74, 6) is 0.0105.